The number of fused-ring (bicyclic) bond motifs is 1. The van der Waals surface area contributed by atoms with Crippen LogP contribution in [0, 0.1) is 6.92 Å². The van der Waals surface area contributed by atoms with E-state index < -0.39 is 16.1 Å². The third-order valence-electron chi connectivity index (χ3n) is 6.00. The third-order valence-corrected chi connectivity index (χ3v) is 7.19. The number of sulfonamides is 1. The summed E-state index contributed by atoms with van der Waals surface area (Å²) in [4.78, 5) is 27.7. The minimum absolute atomic E-state index is 0.0554. The maximum Gasteiger partial charge on any atom is 0.242 e. The Hall–Kier alpha value is -3.27. The van der Waals surface area contributed by atoms with Gasteiger partial charge in [-0.15, -0.1) is 0 Å². The second kappa shape index (κ2) is 12.3. The minimum atomic E-state index is -3.61. The van der Waals surface area contributed by atoms with Crippen LogP contribution in [0.15, 0.2) is 42.5 Å². The van der Waals surface area contributed by atoms with Gasteiger partial charge in [-0.2, -0.15) is 0 Å². The molecule has 0 fully saturated rings. The number of anilines is 1. The zero-order valence-electron chi connectivity index (χ0n) is 22.2. The summed E-state index contributed by atoms with van der Waals surface area (Å²) in [7, 11) is -3.61. The normalized spacial score (nSPS) is 13.7. The molecule has 0 radical (unpaired) electrons. The molecule has 0 saturated carbocycles. The molecule has 0 saturated heterocycles. The molecule has 9 nitrogen and oxygen atoms in total. The van der Waals surface area contributed by atoms with Crippen LogP contribution < -0.4 is 19.1 Å². The smallest absolute Gasteiger partial charge is 0.242 e. The topological polar surface area (TPSA) is 105 Å². The molecule has 2 aromatic carbocycles. The highest BCUT2D eigenvalue weighted by atomic mass is 32.2. The molecule has 0 aromatic heterocycles. The van der Waals surface area contributed by atoms with Gasteiger partial charge in [-0.1, -0.05) is 29.8 Å². The summed E-state index contributed by atoms with van der Waals surface area (Å²) >= 11 is 0. The molecule has 3 rings (SSSR count). The Balaban J connectivity index is 1.74. The van der Waals surface area contributed by atoms with Crippen molar-refractivity contribution in [2.24, 2.45) is 0 Å². The lowest BCUT2D eigenvalue weighted by Crippen LogP contribution is -2.49. The first-order chi connectivity index (χ1) is 17.5. The molecule has 1 N–H and O–H groups in total. The Morgan fingerprint density at radius 1 is 1.03 bits per heavy atom. The van der Waals surface area contributed by atoms with E-state index in [1.165, 1.54) is 4.31 Å². The van der Waals surface area contributed by atoms with Crippen molar-refractivity contribution in [1.82, 2.24) is 10.2 Å². The van der Waals surface area contributed by atoms with E-state index in [4.69, 9.17) is 9.47 Å². The Morgan fingerprint density at radius 2 is 1.73 bits per heavy atom. The van der Waals surface area contributed by atoms with Crippen LogP contribution in [0.25, 0.3) is 0 Å². The molecule has 1 aliphatic rings. The second-order valence-corrected chi connectivity index (χ2v) is 11.5. The molecule has 2 aromatic rings. The first-order valence-electron chi connectivity index (χ1n) is 12.5. The van der Waals surface area contributed by atoms with Crippen LogP contribution in [0.5, 0.6) is 11.5 Å². The van der Waals surface area contributed by atoms with Crippen molar-refractivity contribution in [3.05, 3.63) is 53.6 Å². The van der Waals surface area contributed by atoms with Gasteiger partial charge in [0.05, 0.1) is 11.9 Å². The SMILES string of the molecule is Cc1cccc(CN(C(=O)CCCN(c2ccc3c(c2)OCCO3)S(C)(=O)=O)[C@H](C)C(=O)NC(C)C)c1. The van der Waals surface area contributed by atoms with Gasteiger partial charge in [-0.25, -0.2) is 8.42 Å². The van der Waals surface area contributed by atoms with Gasteiger partial charge >= 0.3 is 0 Å². The Bertz CT molecular complexity index is 1210. The largest absolute Gasteiger partial charge is 0.486 e. The maximum absolute atomic E-state index is 13.4. The van der Waals surface area contributed by atoms with Crippen LogP contribution in [0.2, 0.25) is 0 Å². The fourth-order valence-corrected chi connectivity index (χ4v) is 5.14. The monoisotopic (exact) mass is 531 g/mol. The maximum atomic E-state index is 13.4. The van der Waals surface area contributed by atoms with Gasteiger partial charge in [0.1, 0.15) is 19.3 Å². The van der Waals surface area contributed by atoms with Crippen molar-refractivity contribution in [3.63, 3.8) is 0 Å². The number of aryl methyl sites for hydroxylation is 1. The van der Waals surface area contributed by atoms with Crippen LogP contribution in [-0.2, 0) is 26.2 Å². The average molecular weight is 532 g/mol. The number of benzene rings is 2. The van der Waals surface area contributed by atoms with Crippen molar-refractivity contribution in [2.45, 2.75) is 59.2 Å². The number of carbonyl (C=O) groups is 2. The number of ether oxygens (including phenoxy) is 2. The Labute approximate surface area is 219 Å². The van der Waals surface area contributed by atoms with Crippen molar-refractivity contribution in [3.8, 4) is 11.5 Å². The highest BCUT2D eigenvalue weighted by Crippen LogP contribution is 2.34. The highest BCUT2D eigenvalue weighted by molar-refractivity contribution is 7.92. The summed E-state index contributed by atoms with van der Waals surface area (Å²) in [6.45, 7) is 8.65. The standard InChI is InChI=1S/C27H37N3O6S/c1-19(2)28-27(32)21(4)29(18-22-9-6-8-20(3)16-22)26(31)10-7-13-30(37(5,33)34)23-11-12-24-25(17-23)36-15-14-35-24/h6,8-9,11-12,16-17,19,21H,7,10,13-15,18H2,1-5H3,(H,28,32)/t21-/m1/s1. The van der Waals surface area contributed by atoms with E-state index in [0.717, 1.165) is 17.4 Å². The number of carbonyl (C=O) groups excluding carboxylic acids is 2. The van der Waals surface area contributed by atoms with Gasteiger partial charge in [0.25, 0.3) is 0 Å². The van der Waals surface area contributed by atoms with E-state index in [1.807, 2.05) is 45.0 Å². The minimum Gasteiger partial charge on any atom is -0.486 e. The van der Waals surface area contributed by atoms with Gasteiger partial charge < -0.3 is 19.7 Å². The van der Waals surface area contributed by atoms with Crippen molar-refractivity contribution >= 4 is 27.5 Å². The zero-order chi connectivity index (χ0) is 27.2. The Morgan fingerprint density at radius 3 is 2.38 bits per heavy atom. The molecule has 202 valence electrons. The van der Waals surface area contributed by atoms with Crippen molar-refractivity contribution < 1.29 is 27.5 Å². The van der Waals surface area contributed by atoms with E-state index in [-0.39, 0.29) is 43.8 Å². The molecule has 0 aliphatic carbocycles. The van der Waals surface area contributed by atoms with Crippen LogP contribution in [-0.4, -0.2) is 63.2 Å². The number of nitrogens with zero attached hydrogens (tertiary/aromatic N) is 2. The molecule has 2 amide bonds. The van der Waals surface area contributed by atoms with E-state index in [2.05, 4.69) is 5.32 Å². The average Bonchev–Trinajstić information content (AvgIpc) is 2.83. The highest BCUT2D eigenvalue weighted by Gasteiger charge is 2.27. The molecular formula is C27H37N3O6S. The summed E-state index contributed by atoms with van der Waals surface area (Å²) < 4.78 is 37.6. The summed E-state index contributed by atoms with van der Waals surface area (Å²) in [5.74, 6) is 0.607. The summed E-state index contributed by atoms with van der Waals surface area (Å²) in [5, 5.41) is 2.87. The predicted octanol–water partition coefficient (Wildman–Crippen LogP) is 3.25. The lowest BCUT2D eigenvalue weighted by Gasteiger charge is -2.30. The molecule has 0 bridgehead atoms. The lowest BCUT2D eigenvalue weighted by molar-refractivity contribution is -0.140. The van der Waals surface area contributed by atoms with Gasteiger partial charge in [-0.3, -0.25) is 13.9 Å². The summed E-state index contributed by atoms with van der Waals surface area (Å²) in [6, 6.07) is 12.1. The number of nitrogens with one attached hydrogen (secondary N) is 1. The summed E-state index contributed by atoms with van der Waals surface area (Å²) in [5.41, 5.74) is 2.43. The lowest BCUT2D eigenvalue weighted by atomic mass is 10.1. The molecule has 1 heterocycles. The number of hydrogen-bond donors (Lipinski definition) is 1. The van der Waals surface area contributed by atoms with Gasteiger partial charge in [-0.05, 0) is 51.8 Å². The Kier molecular flexibility index (Phi) is 9.42. The van der Waals surface area contributed by atoms with E-state index in [0.29, 0.717) is 30.4 Å². The van der Waals surface area contributed by atoms with Crippen molar-refractivity contribution in [1.29, 1.82) is 0 Å². The number of amides is 2. The van der Waals surface area contributed by atoms with E-state index >= 15 is 0 Å². The molecule has 0 unspecified atom stereocenters. The van der Waals surface area contributed by atoms with E-state index in [9.17, 15) is 18.0 Å². The third kappa shape index (κ3) is 7.85. The summed E-state index contributed by atoms with van der Waals surface area (Å²) in [6.07, 6.45) is 1.50. The fourth-order valence-electron chi connectivity index (χ4n) is 4.19. The van der Waals surface area contributed by atoms with Crippen LogP contribution >= 0.6 is 0 Å². The molecular weight excluding hydrogens is 494 g/mol. The fraction of sp³-hybridized carbons (Fsp3) is 0.481. The number of rotatable bonds is 11. The predicted molar refractivity (Wildman–Crippen MR) is 143 cm³/mol. The van der Waals surface area contributed by atoms with Crippen LogP contribution in [0.4, 0.5) is 5.69 Å². The van der Waals surface area contributed by atoms with Crippen LogP contribution in [0.3, 0.4) is 0 Å². The van der Waals surface area contributed by atoms with Gasteiger partial charge in [0.15, 0.2) is 11.5 Å². The molecule has 1 atom stereocenters. The first kappa shape index (κ1) is 28.3. The van der Waals surface area contributed by atoms with Crippen molar-refractivity contribution in [2.75, 3.05) is 30.3 Å². The first-order valence-corrected chi connectivity index (χ1v) is 14.3. The van der Waals surface area contributed by atoms with Gasteiger partial charge in [0.2, 0.25) is 21.8 Å². The van der Waals surface area contributed by atoms with Gasteiger partial charge in [0, 0.05) is 31.6 Å². The molecule has 10 heteroatoms. The quantitative estimate of drug-likeness (QED) is 0.477. The van der Waals surface area contributed by atoms with E-state index in [1.54, 1.807) is 30.0 Å². The second-order valence-electron chi connectivity index (χ2n) is 9.62. The molecule has 37 heavy (non-hydrogen) atoms. The molecule has 1 aliphatic heterocycles. The molecule has 0 spiro atoms. The number of hydrogen-bond acceptors (Lipinski definition) is 6. The van der Waals surface area contributed by atoms with Crippen LogP contribution in [0.1, 0.15) is 44.7 Å². The zero-order valence-corrected chi connectivity index (χ0v) is 23.0.